The van der Waals surface area contributed by atoms with Crippen LogP contribution in [0.4, 0.5) is 0 Å². The van der Waals surface area contributed by atoms with Crippen LogP contribution in [0.2, 0.25) is 0 Å². The third-order valence-electron chi connectivity index (χ3n) is 3.64. The van der Waals surface area contributed by atoms with Crippen molar-refractivity contribution in [2.24, 2.45) is 0 Å². The normalized spacial score (nSPS) is 11.6. The quantitative estimate of drug-likeness (QED) is 0.507. The third kappa shape index (κ3) is 5.79. The summed E-state index contributed by atoms with van der Waals surface area (Å²) < 4.78 is 1.32. The van der Waals surface area contributed by atoms with Gasteiger partial charge in [0.25, 0.3) is 0 Å². The van der Waals surface area contributed by atoms with Gasteiger partial charge < -0.3 is 0 Å². The molecular formula is C20H25NSe. The van der Waals surface area contributed by atoms with Crippen LogP contribution < -0.4 is 4.59 Å². The van der Waals surface area contributed by atoms with Crippen molar-refractivity contribution in [3.63, 3.8) is 0 Å². The fourth-order valence-electron chi connectivity index (χ4n) is 2.29. The zero-order valence-corrected chi connectivity index (χ0v) is 15.3. The van der Waals surface area contributed by atoms with E-state index in [-0.39, 0.29) is 0 Å². The van der Waals surface area contributed by atoms with E-state index < -0.39 is 0 Å². The molecular weight excluding hydrogens is 333 g/mol. The van der Waals surface area contributed by atoms with E-state index in [4.69, 9.17) is 0 Å². The monoisotopic (exact) mass is 359 g/mol. The summed E-state index contributed by atoms with van der Waals surface area (Å²) >= 11 is 0.416. The van der Waals surface area contributed by atoms with Gasteiger partial charge in [-0.25, -0.2) is 0 Å². The van der Waals surface area contributed by atoms with Crippen molar-refractivity contribution in [2.45, 2.75) is 44.9 Å². The fourth-order valence-corrected chi connectivity index (χ4v) is 4.37. The van der Waals surface area contributed by atoms with E-state index in [0.717, 1.165) is 18.2 Å². The molecule has 0 fully saturated rings. The van der Waals surface area contributed by atoms with Gasteiger partial charge in [0.1, 0.15) is 0 Å². The topological polar surface area (TPSA) is 12.9 Å². The van der Waals surface area contributed by atoms with E-state index >= 15 is 0 Å². The van der Waals surface area contributed by atoms with Crippen molar-refractivity contribution < 1.29 is 0 Å². The Morgan fingerprint density at radius 1 is 1.14 bits per heavy atom. The van der Waals surface area contributed by atoms with Crippen molar-refractivity contribution in [1.29, 1.82) is 0 Å². The number of hydrogen-bond donors (Lipinski definition) is 0. The Morgan fingerprint density at radius 3 is 2.73 bits per heavy atom. The number of nitrogens with zero attached hydrogens (tertiary/aromatic N) is 1. The molecule has 0 aliphatic carbocycles. The molecule has 2 aromatic rings. The summed E-state index contributed by atoms with van der Waals surface area (Å²) in [5, 5.41) is 1.13. The van der Waals surface area contributed by atoms with Gasteiger partial charge in [-0.2, -0.15) is 0 Å². The van der Waals surface area contributed by atoms with Gasteiger partial charge in [0.05, 0.1) is 0 Å². The second-order valence-electron chi connectivity index (χ2n) is 5.58. The maximum atomic E-state index is 4.64. The molecule has 0 atom stereocenters. The molecule has 0 saturated carbocycles. The molecule has 0 aliphatic rings. The number of hydrogen-bond acceptors (Lipinski definition) is 1. The molecule has 1 heterocycles. The van der Waals surface area contributed by atoms with Crippen LogP contribution in [0.1, 0.15) is 44.2 Å². The first-order chi connectivity index (χ1) is 10.8. The van der Waals surface area contributed by atoms with Gasteiger partial charge in [0.2, 0.25) is 0 Å². The molecule has 0 saturated heterocycles. The number of rotatable bonds is 8. The van der Waals surface area contributed by atoms with Crippen molar-refractivity contribution in [1.82, 2.24) is 4.98 Å². The Bertz CT molecular complexity index is 590. The Kier molecular flexibility index (Phi) is 7.42. The maximum absolute atomic E-state index is 4.64. The number of pyridine rings is 1. The van der Waals surface area contributed by atoms with Gasteiger partial charge in [-0.05, 0) is 0 Å². The summed E-state index contributed by atoms with van der Waals surface area (Å²) in [4.78, 5) is 4.64. The molecule has 0 amide bonds. The predicted octanol–water partition coefficient (Wildman–Crippen LogP) is 4.29. The first kappa shape index (κ1) is 17.0. The van der Waals surface area contributed by atoms with Gasteiger partial charge in [-0.1, -0.05) is 0 Å². The standard InChI is InChI=1S/C20H25NSe/c1-3-4-9-17(2)13-14-19-12-8-15-21-20(19)22-16-18-10-6-5-7-11-18/h5-12,15H,3-4,13-14,16H2,1-2H3/b17-9-. The average molecular weight is 358 g/mol. The van der Waals surface area contributed by atoms with E-state index in [0.29, 0.717) is 15.0 Å². The molecule has 0 N–H and O–H groups in total. The molecule has 0 bridgehead atoms. The minimum absolute atomic E-state index is 0.416. The summed E-state index contributed by atoms with van der Waals surface area (Å²) in [6, 6.07) is 15.1. The number of allylic oxidation sites excluding steroid dienone is 2. The molecule has 1 nitrogen and oxygen atoms in total. The van der Waals surface area contributed by atoms with Crippen LogP contribution in [0.3, 0.4) is 0 Å². The first-order valence-corrected chi connectivity index (χ1v) is 10.1. The van der Waals surface area contributed by atoms with E-state index in [2.05, 4.69) is 67.4 Å². The zero-order valence-electron chi connectivity index (χ0n) is 13.6. The molecule has 1 aromatic heterocycles. The number of aromatic nitrogens is 1. The Hall–Kier alpha value is -1.37. The second-order valence-corrected chi connectivity index (χ2v) is 7.60. The van der Waals surface area contributed by atoms with E-state index in [1.165, 1.54) is 34.1 Å². The second kappa shape index (κ2) is 9.61. The molecule has 0 radical (unpaired) electrons. The summed E-state index contributed by atoms with van der Waals surface area (Å²) in [5.41, 5.74) is 4.35. The van der Waals surface area contributed by atoms with Crippen LogP contribution in [0.5, 0.6) is 0 Å². The van der Waals surface area contributed by atoms with E-state index in [1.54, 1.807) is 0 Å². The molecule has 0 spiro atoms. The Labute approximate surface area is 141 Å². The van der Waals surface area contributed by atoms with E-state index in [1.807, 2.05) is 6.20 Å². The molecule has 1 aromatic carbocycles. The minimum atomic E-state index is 0.416. The molecule has 2 heteroatoms. The van der Waals surface area contributed by atoms with Gasteiger partial charge in [-0.3, -0.25) is 0 Å². The zero-order chi connectivity index (χ0) is 15.6. The van der Waals surface area contributed by atoms with Gasteiger partial charge in [0, 0.05) is 0 Å². The SMILES string of the molecule is CCC/C=C(/C)CCc1cccnc1[Se]Cc1ccccc1. The van der Waals surface area contributed by atoms with Crippen LogP contribution in [0.25, 0.3) is 0 Å². The van der Waals surface area contributed by atoms with Crippen molar-refractivity contribution >= 4 is 19.5 Å². The third-order valence-corrected chi connectivity index (χ3v) is 5.99. The molecule has 0 aliphatic heterocycles. The summed E-state index contributed by atoms with van der Waals surface area (Å²) in [6.45, 7) is 4.48. The fraction of sp³-hybridized carbons (Fsp3) is 0.350. The van der Waals surface area contributed by atoms with Crippen molar-refractivity contribution in [3.8, 4) is 0 Å². The number of unbranched alkanes of at least 4 members (excludes halogenated alkanes) is 1. The summed E-state index contributed by atoms with van der Waals surface area (Å²) in [7, 11) is 0. The summed E-state index contributed by atoms with van der Waals surface area (Å²) in [6.07, 6.45) is 9.02. The average Bonchev–Trinajstić information content (AvgIpc) is 2.58. The van der Waals surface area contributed by atoms with Crippen LogP contribution in [0.15, 0.2) is 60.3 Å². The van der Waals surface area contributed by atoms with Crippen molar-refractivity contribution in [3.05, 3.63) is 71.4 Å². The molecule has 2 rings (SSSR count). The molecule has 116 valence electrons. The van der Waals surface area contributed by atoms with Crippen LogP contribution in [0, 0.1) is 0 Å². The van der Waals surface area contributed by atoms with Gasteiger partial charge in [-0.15, -0.1) is 0 Å². The predicted molar refractivity (Wildman–Crippen MR) is 96.8 cm³/mol. The van der Waals surface area contributed by atoms with Crippen molar-refractivity contribution in [2.75, 3.05) is 0 Å². The van der Waals surface area contributed by atoms with Crippen LogP contribution >= 0.6 is 0 Å². The van der Waals surface area contributed by atoms with Crippen LogP contribution in [-0.2, 0) is 11.7 Å². The first-order valence-electron chi connectivity index (χ1n) is 8.06. The Morgan fingerprint density at radius 2 is 1.95 bits per heavy atom. The summed E-state index contributed by atoms with van der Waals surface area (Å²) in [5.74, 6) is 0. The Balaban J connectivity index is 1.95. The number of aryl methyl sites for hydroxylation is 1. The van der Waals surface area contributed by atoms with Gasteiger partial charge in [0.15, 0.2) is 0 Å². The molecule has 22 heavy (non-hydrogen) atoms. The number of benzene rings is 1. The van der Waals surface area contributed by atoms with Crippen LogP contribution in [-0.4, -0.2) is 19.9 Å². The van der Waals surface area contributed by atoms with Gasteiger partial charge >= 0.3 is 141 Å². The molecule has 0 unspecified atom stereocenters. The van der Waals surface area contributed by atoms with E-state index in [9.17, 15) is 0 Å².